The fraction of sp³-hybridized carbons (Fsp3) is 0.920. The van der Waals surface area contributed by atoms with Crippen LogP contribution in [0.3, 0.4) is 0 Å². The average molecular weight is 421 g/mol. The summed E-state index contributed by atoms with van der Waals surface area (Å²) in [5.41, 5.74) is -1.46. The highest BCUT2D eigenvalue weighted by Gasteiger charge is 2.68. The Morgan fingerprint density at radius 3 is 2.47 bits per heavy atom. The van der Waals surface area contributed by atoms with Crippen molar-refractivity contribution in [2.45, 2.75) is 97.5 Å². The number of ether oxygens (including phenoxy) is 1. The van der Waals surface area contributed by atoms with E-state index < -0.39 is 17.0 Å². The Balaban J connectivity index is 1.55. The third kappa shape index (κ3) is 3.22. The fourth-order valence-corrected chi connectivity index (χ4v) is 8.64. The average Bonchev–Trinajstić information content (AvgIpc) is 2.85. The van der Waals surface area contributed by atoms with Gasteiger partial charge in [0.15, 0.2) is 0 Å². The zero-order valence-electron chi connectivity index (χ0n) is 19.2. The molecule has 0 aromatic rings. The summed E-state index contributed by atoms with van der Waals surface area (Å²) in [6.07, 6.45) is 8.90. The summed E-state index contributed by atoms with van der Waals surface area (Å²) in [5.74, 6) is 0.260. The summed E-state index contributed by atoms with van der Waals surface area (Å²) < 4.78 is 5.55. The zero-order valence-corrected chi connectivity index (χ0v) is 19.2. The number of aliphatic hydroxyl groups is 1. The van der Waals surface area contributed by atoms with Crippen molar-refractivity contribution in [3.05, 3.63) is 0 Å². The van der Waals surface area contributed by atoms with Crippen molar-refractivity contribution in [3.8, 4) is 0 Å². The van der Waals surface area contributed by atoms with Crippen LogP contribution in [0.4, 0.5) is 0 Å². The van der Waals surface area contributed by atoms with E-state index >= 15 is 0 Å². The molecule has 0 aliphatic heterocycles. The van der Waals surface area contributed by atoms with Gasteiger partial charge in [0.25, 0.3) is 0 Å². The van der Waals surface area contributed by atoms with E-state index in [9.17, 15) is 19.8 Å². The van der Waals surface area contributed by atoms with Gasteiger partial charge in [-0.05, 0) is 92.8 Å². The topological polar surface area (TPSA) is 83.8 Å². The SMILES string of the molecule is CC(C)CC(=O)OC[C@]1(O)C[C@]23CC[C@@H]4[C@](C)(CCC[C@]4(C)C(=O)O)[C@H]2CC[C@H]1C3. The van der Waals surface area contributed by atoms with Crippen molar-refractivity contribution in [2.75, 3.05) is 6.61 Å². The van der Waals surface area contributed by atoms with E-state index in [2.05, 4.69) is 6.92 Å². The summed E-state index contributed by atoms with van der Waals surface area (Å²) in [6, 6.07) is 0. The van der Waals surface area contributed by atoms with Gasteiger partial charge in [-0.15, -0.1) is 0 Å². The molecule has 0 unspecified atom stereocenters. The summed E-state index contributed by atoms with van der Waals surface area (Å²) in [4.78, 5) is 24.3. The molecule has 0 saturated heterocycles. The Kier molecular flexibility index (Phi) is 5.32. The van der Waals surface area contributed by atoms with Crippen molar-refractivity contribution in [2.24, 2.45) is 39.9 Å². The normalized spacial score (nSPS) is 47.5. The third-order valence-corrected chi connectivity index (χ3v) is 9.86. The highest BCUT2D eigenvalue weighted by atomic mass is 16.5. The molecule has 0 aromatic carbocycles. The maximum Gasteiger partial charge on any atom is 0.309 e. The molecule has 2 N–H and O–H groups in total. The molecule has 30 heavy (non-hydrogen) atoms. The molecule has 4 fully saturated rings. The van der Waals surface area contributed by atoms with Gasteiger partial charge in [-0.2, -0.15) is 0 Å². The first-order valence-electron chi connectivity index (χ1n) is 12.1. The van der Waals surface area contributed by atoms with E-state index in [0.29, 0.717) is 18.8 Å². The highest BCUT2D eigenvalue weighted by molar-refractivity contribution is 5.75. The van der Waals surface area contributed by atoms with Gasteiger partial charge < -0.3 is 14.9 Å². The van der Waals surface area contributed by atoms with Crippen molar-refractivity contribution < 1.29 is 24.5 Å². The Morgan fingerprint density at radius 2 is 1.80 bits per heavy atom. The van der Waals surface area contributed by atoms with Gasteiger partial charge in [-0.25, -0.2) is 0 Å². The van der Waals surface area contributed by atoms with Gasteiger partial charge in [0.1, 0.15) is 12.2 Å². The third-order valence-electron chi connectivity index (χ3n) is 9.86. The lowest BCUT2D eigenvalue weighted by Crippen LogP contribution is -2.58. The molecule has 2 bridgehead atoms. The molecular weight excluding hydrogens is 380 g/mol. The van der Waals surface area contributed by atoms with Crippen LogP contribution in [0.15, 0.2) is 0 Å². The van der Waals surface area contributed by atoms with E-state index in [-0.39, 0.29) is 41.2 Å². The van der Waals surface area contributed by atoms with Gasteiger partial charge in [0.2, 0.25) is 0 Å². The fourth-order valence-electron chi connectivity index (χ4n) is 8.64. The van der Waals surface area contributed by atoms with Crippen LogP contribution in [0, 0.1) is 39.9 Å². The highest BCUT2D eigenvalue weighted by Crippen LogP contribution is 2.72. The molecular formula is C25H40O5. The number of aliphatic carboxylic acids is 1. The van der Waals surface area contributed by atoms with E-state index in [4.69, 9.17) is 4.74 Å². The number of carboxylic acids is 1. The summed E-state index contributed by atoms with van der Waals surface area (Å²) in [5, 5.41) is 21.6. The first-order valence-corrected chi connectivity index (χ1v) is 12.1. The molecule has 4 aliphatic carbocycles. The Labute approximate surface area is 180 Å². The van der Waals surface area contributed by atoms with Gasteiger partial charge in [0, 0.05) is 6.42 Å². The number of carbonyl (C=O) groups is 2. The first kappa shape index (κ1) is 22.1. The second-order valence-corrected chi connectivity index (χ2v) is 12.1. The van der Waals surface area contributed by atoms with Gasteiger partial charge in [0.05, 0.1) is 5.41 Å². The molecule has 4 aliphatic rings. The van der Waals surface area contributed by atoms with Gasteiger partial charge in [-0.1, -0.05) is 27.2 Å². The minimum Gasteiger partial charge on any atom is -0.481 e. The summed E-state index contributed by atoms with van der Waals surface area (Å²) >= 11 is 0. The number of hydrogen-bond acceptors (Lipinski definition) is 4. The largest absolute Gasteiger partial charge is 0.481 e. The lowest BCUT2D eigenvalue weighted by molar-refractivity contribution is -0.181. The lowest BCUT2D eigenvalue weighted by Gasteiger charge is -2.63. The van der Waals surface area contributed by atoms with Gasteiger partial charge in [-0.3, -0.25) is 9.59 Å². The van der Waals surface area contributed by atoms with E-state index in [1.807, 2.05) is 20.8 Å². The van der Waals surface area contributed by atoms with Crippen LogP contribution in [0.5, 0.6) is 0 Å². The Hall–Kier alpha value is -1.10. The summed E-state index contributed by atoms with van der Waals surface area (Å²) in [7, 11) is 0. The minimum absolute atomic E-state index is 0.0220. The molecule has 5 nitrogen and oxygen atoms in total. The maximum atomic E-state index is 12.2. The molecule has 0 aromatic heterocycles. The molecule has 4 saturated carbocycles. The quantitative estimate of drug-likeness (QED) is 0.624. The lowest BCUT2D eigenvalue weighted by atomic mass is 9.41. The van der Waals surface area contributed by atoms with E-state index in [0.717, 1.165) is 51.4 Å². The van der Waals surface area contributed by atoms with Crippen LogP contribution < -0.4 is 0 Å². The first-order chi connectivity index (χ1) is 14.0. The van der Waals surface area contributed by atoms with E-state index in [1.54, 1.807) is 0 Å². The van der Waals surface area contributed by atoms with Crippen LogP contribution in [-0.2, 0) is 14.3 Å². The van der Waals surface area contributed by atoms with Crippen LogP contribution in [0.1, 0.15) is 91.9 Å². The van der Waals surface area contributed by atoms with Crippen molar-refractivity contribution in [1.82, 2.24) is 0 Å². The number of esters is 1. The Morgan fingerprint density at radius 1 is 1.07 bits per heavy atom. The van der Waals surface area contributed by atoms with E-state index in [1.165, 1.54) is 0 Å². The molecule has 5 heteroatoms. The molecule has 7 atom stereocenters. The second-order valence-electron chi connectivity index (χ2n) is 12.1. The molecule has 0 amide bonds. The second kappa shape index (κ2) is 7.21. The molecule has 4 rings (SSSR count). The number of rotatable bonds is 5. The molecule has 1 spiro atoms. The molecule has 170 valence electrons. The smallest absolute Gasteiger partial charge is 0.309 e. The van der Waals surface area contributed by atoms with Crippen LogP contribution >= 0.6 is 0 Å². The maximum absolute atomic E-state index is 12.2. The summed E-state index contributed by atoms with van der Waals surface area (Å²) in [6.45, 7) is 8.43. The minimum atomic E-state index is -0.921. The van der Waals surface area contributed by atoms with Crippen LogP contribution in [0.25, 0.3) is 0 Å². The van der Waals surface area contributed by atoms with Crippen molar-refractivity contribution in [3.63, 3.8) is 0 Å². The zero-order chi connectivity index (χ0) is 21.9. The monoisotopic (exact) mass is 420 g/mol. The molecule has 0 heterocycles. The van der Waals surface area contributed by atoms with Crippen molar-refractivity contribution >= 4 is 11.9 Å². The predicted octanol–water partition coefficient (Wildman–Crippen LogP) is 4.80. The number of hydrogen-bond donors (Lipinski definition) is 2. The number of fused-ring (bicyclic) bond motifs is 3. The van der Waals surface area contributed by atoms with Gasteiger partial charge >= 0.3 is 11.9 Å². The Bertz CT molecular complexity index is 718. The number of carboxylic acid groups (broad SMARTS) is 1. The van der Waals surface area contributed by atoms with Crippen LogP contribution in [-0.4, -0.2) is 34.4 Å². The number of carbonyl (C=O) groups excluding carboxylic acids is 1. The predicted molar refractivity (Wildman–Crippen MR) is 114 cm³/mol. The molecule has 0 radical (unpaired) electrons. The van der Waals surface area contributed by atoms with Crippen LogP contribution in [0.2, 0.25) is 0 Å². The standard InChI is InChI=1S/C25H40O5/c1-16(2)12-20(26)30-15-25(29)14-24-11-8-18-22(3,19(24)7-6-17(25)13-24)9-5-10-23(18,4)21(27)28/h16-19,29H,5-15H2,1-4H3,(H,27,28)/t17-,18+,19+,22-,23-,24+,25+/m0/s1. The van der Waals surface area contributed by atoms with Crippen molar-refractivity contribution in [1.29, 1.82) is 0 Å².